The van der Waals surface area contributed by atoms with Gasteiger partial charge in [0.2, 0.25) is 0 Å². The normalized spacial score (nSPS) is 16.0. The molecule has 3 aromatic rings. The number of morpholine rings is 1. The molecule has 1 atom stereocenters. The number of aromatic nitrogens is 1. The van der Waals surface area contributed by atoms with Crippen molar-refractivity contribution in [2.45, 2.75) is 12.3 Å². The van der Waals surface area contributed by atoms with Crippen molar-refractivity contribution in [1.29, 1.82) is 0 Å². The molecule has 1 aromatic heterocycles. The highest BCUT2D eigenvalue weighted by atomic mass is 35.5. The second-order valence-electron chi connectivity index (χ2n) is 7.30. The summed E-state index contributed by atoms with van der Waals surface area (Å²) in [6.45, 7) is 6.61. The van der Waals surface area contributed by atoms with Gasteiger partial charge in [0.1, 0.15) is 6.10 Å². The summed E-state index contributed by atoms with van der Waals surface area (Å²) in [6, 6.07) is 8.29. The van der Waals surface area contributed by atoms with Gasteiger partial charge in [-0.3, -0.25) is 0 Å². The fourth-order valence-corrected chi connectivity index (χ4v) is 4.36. The Bertz CT molecular complexity index is 1140. The fraction of sp³-hybridized carbons (Fsp3) is 0.273. The van der Waals surface area contributed by atoms with E-state index >= 15 is 0 Å². The minimum atomic E-state index is -4.46. The van der Waals surface area contributed by atoms with Gasteiger partial charge in [0.25, 0.3) is 0 Å². The number of ether oxygens (including phenoxy) is 1. The highest BCUT2D eigenvalue weighted by Crippen LogP contribution is 2.40. The lowest BCUT2D eigenvalue weighted by Gasteiger charge is -2.31. The van der Waals surface area contributed by atoms with Crippen molar-refractivity contribution in [2.75, 3.05) is 26.3 Å². The average molecular weight is 471 g/mol. The molecule has 0 amide bonds. The van der Waals surface area contributed by atoms with E-state index in [2.05, 4.69) is 11.6 Å². The van der Waals surface area contributed by atoms with Crippen LogP contribution in [0.4, 0.5) is 13.2 Å². The van der Waals surface area contributed by atoms with E-state index < -0.39 is 17.8 Å². The number of fused-ring (bicyclic) bond motifs is 1. The minimum absolute atomic E-state index is 0.241. The third kappa shape index (κ3) is 4.28. The lowest BCUT2D eigenvalue weighted by molar-refractivity contribution is -0.137. The van der Waals surface area contributed by atoms with Gasteiger partial charge in [-0.25, -0.2) is 0 Å². The number of hydrogen-bond acceptors (Lipinski definition) is 3. The number of halogens is 5. The van der Waals surface area contributed by atoms with Crippen molar-refractivity contribution >= 4 is 39.8 Å². The van der Waals surface area contributed by atoms with Gasteiger partial charge < -0.3 is 19.7 Å². The molecule has 2 heterocycles. The molecular weight excluding hydrogens is 452 g/mol. The number of rotatable bonds is 4. The summed E-state index contributed by atoms with van der Waals surface area (Å²) in [5.74, 6) is 0. The van der Waals surface area contributed by atoms with Crippen LogP contribution in [0.3, 0.4) is 0 Å². The first-order valence-electron chi connectivity index (χ1n) is 9.54. The third-order valence-electron chi connectivity index (χ3n) is 5.37. The van der Waals surface area contributed by atoms with Crippen LogP contribution in [0.5, 0.6) is 0 Å². The molecule has 1 aliphatic rings. The zero-order valence-electron chi connectivity index (χ0n) is 16.3. The number of nitrogens with zero attached hydrogens (tertiary/aromatic N) is 1. The topological polar surface area (TPSA) is 48.5 Å². The van der Waals surface area contributed by atoms with Crippen LogP contribution < -0.4 is 0 Å². The molecule has 1 aliphatic heterocycles. The maximum atomic E-state index is 13.0. The number of aliphatic hydroxyl groups excluding tert-OH is 1. The molecule has 1 unspecified atom stereocenters. The van der Waals surface area contributed by atoms with Gasteiger partial charge >= 0.3 is 6.18 Å². The van der Waals surface area contributed by atoms with Gasteiger partial charge in [-0.15, -0.1) is 0 Å². The van der Waals surface area contributed by atoms with E-state index in [1.54, 1.807) is 18.2 Å². The Hall–Kier alpha value is -2.19. The predicted octanol–water partition coefficient (Wildman–Crippen LogP) is 5.88. The summed E-state index contributed by atoms with van der Waals surface area (Å²) < 4.78 is 44.4. The Morgan fingerprint density at radius 1 is 1.13 bits per heavy atom. The molecule has 9 heteroatoms. The van der Waals surface area contributed by atoms with Gasteiger partial charge in [-0.2, -0.15) is 13.2 Å². The van der Waals surface area contributed by atoms with E-state index in [9.17, 15) is 18.3 Å². The molecule has 0 aliphatic carbocycles. The van der Waals surface area contributed by atoms with E-state index in [0.717, 1.165) is 12.1 Å². The Labute approximate surface area is 186 Å². The number of nitrogens with one attached hydrogen (secondary N) is 1. The van der Waals surface area contributed by atoms with Crippen LogP contribution in [0, 0.1) is 0 Å². The zero-order chi connectivity index (χ0) is 22.3. The summed E-state index contributed by atoms with van der Waals surface area (Å²) in [5.41, 5.74) is 1.33. The number of H-pyrrole nitrogens is 1. The lowest BCUT2D eigenvalue weighted by Crippen LogP contribution is -2.34. The first-order chi connectivity index (χ1) is 14.7. The molecule has 2 aromatic carbocycles. The van der Waals surface area contributed by atoms with Crippen LogP contribution in [0.2, 0.25) is 10.0 Å². The predicted molar refractivity (Wildman–Crippen MR) is 115 cm³/mol. The molecular formula is C22H19Cl2F3N2O2. The number of hydrogen-bond donors (Lipinski definition) is 2. The maximum absolute atomic E-state index is 13.0. The van der Waals surface area contributed by atoms with Crippen molar-refractivity contribution < 1.29 is 23.0 Å². The van der Waals surface area contributed by atoms with E-state index in [4.69, 9.17) is 27.9 Å². The Kier molecular flexibility index (Phi) is 5.96. The molecule has 0 bridgehead atoms. The van der Waals surface area contributed by atoms with Crippen LogP contribution in [0.25, 0.3) is 16.6 Å². The first kappa shape index (κ1) is 22.0. The fourth-order valence-electron chi connectivity index (χ4n) is 3.68. The van der Waals surface area contributed by atoms with E-state index in [1.165, 1.54) is 6.07 Å². The number of alkyl halides is 3. The smallest absolute Gasteiger partial charge is 0.382 e. The highest BCUT2D eigenvalue weighted by Gasteiger charge is 2.31. The second-order valence-corrected chi connectivity index (χ2v) is 8.08. The minimum Gasteiger partial charge on any atom is -0.382 e. The summed E-state index contributed by atoms with van der Waals surface area (Å²) in [4.78, 5) is 4.89. The molecule has 4 nitrogen and oxygen atoms in total. The number of benzene rings is 2. The van der Waals surface area contributed by atoms with Crippen LogP contribution >= 0.6 is 23.2 Å². The van der Waals surface area contributed by atoms with E-state index in [0.29, 0.717) is 42.9 Å². The largest absolute Gasteiger partial charge is 0.416 e. The Morgan fingerprint density at radius 3 is 2.52 bits per heavy atom. The van der Waals surface area contributed by atoms with Crippen LogP contribution in [-0.4, -0.2) is 41.3 Å². The monoisotopic (exact) mass is 470 g/mol. The van der Waals surface area contributed by atoms with Crippen LogP contribution in [0.1, 0.15) is 28.5 Å². The first-order valence-corrected chi connectivity index (χ1v) is 10.3. The SMILES string of the molecule is C=C(c1ccc(Cl)c(C(O)c2cc3ccc(C(F)(F)F)cc3[nH]2)c1Cl)N1CCOCC1. The van der Waals surface area contributed by atoms with E-state index in [-0.39, 0.29) is 26.8 Å². The molecule has 1 fully saturated rings. The summed E-state index contributed by atoms with van der Waals surface area (Å²) in [6.07, 6.45) is -5.72. The highest BCUT2D eigenvalue weighted by molar-refractivity contribution is 6.37. The number of aromatic amines is 1. The molecule has 0 spiro atoms. The third-order valence-corrected chi connectivity index (χ3v) is 6.11. The maximum Gasteiger partial charge on any atom is 0.416 e. The van der Waals surface area contributed by atoms with Crippen molar-refractivity contribution in [3.05, 3.63) is 75.4 Å². The lowest BCUT2D eigenvalue weighted by atomic mass is 10.0. The summed E-state index contributed by atoms with van der Waals surface area (Å²) in [5, 5.41) is 12.0. The molecule has 31 heavy (non-hydrogen) atoms. The van der Waals surface area contributed by atoms with E-state index in [1.807, 2.05) is 4.90 Å². The van der Waals surface area contributed by atoms with Crippen molar-refractivity contribution in [3.63, 3.8) is 0 Å². The molecule has 4 rings (SSSR count). The van der Waals surface area contributed by atoms with Gasteiger partial charge in [-0.05, 0) is 35.7 Å². The van der Waals surface area contributed by atoms with Crippen LogP contribution in [-0.2, 0) is 10.9 Å². The second kappa shape index (κ2) is 8.39. The van der Waals surface area contributed by atoms with Gasteiger partial charge in [0.05, 0.1) is 23.8 Å². The van der Waals surface area contributed by atoms with Gasteiger partial charge in [-0.1, -0.05) is 35.8 Å². The van der Waals surface area contributed by atoms with Crippen molar-refractivity contribution in [3.8, 4) is 0 Å². The summed E-state index contributed by atoms with van der Waals surface area (Å²) in [7, 11) is 0. The van der Waals surface area contributed by atoms with Crippen LogP contribution in [0.15, 0.2) is 43.0 Å². The summed E-state index contributed by atoms with van der Waals surface area (Å²) >= 11 is 13.0. The van der Waals surface area contributed by atoms with Crippen molar-refractivity contribution in [2.24, 2.45) is 0 Å². The molecule has 0 saturated carbocycles. The number of aliphatic hydroxyl groups is 1. The average Bonchev–Trinajstić information content (AvgIpc) is 3.17. The standard InChI is InChI=1S/C22H19Cl2F3N2O2/c1-12(29-6-8-31-9-7-29)15-4-5-16(23)19(20(15)24)21(30)18-10-13-2-3-14(22(25,26)27)11-17(13)28-18/h2-5,10-11,21,28,30H,1,6-9H2. The molecule has 164 valence electrons. The quantitative estimate of drug-likeness (QED) is 0.500. The Morgan fingerprint density at radius 2 is 1.84 bits per heavy atom. The molecule has 2 N–H and O–H groups in total. The molecule has 0 radical (unpaired) electrons. The zero-order valence-corrected chi connectivity index (χ0v) is 17.8. The van der Waals surface area contributed by atoms with Crippen molar-refractivity contribution in [1.82, 2.24) is 9.88 Å². The van der Waals surface area contributed by atoms with Gasteiger partial charge in [0.15, 0.2) is 0 Å². The Balaban J connectivity index is 1.71. The molecule has 1 saturated heterocycles. The van der Waals surface area contributed by atoms with Gasteiger partial charge in [0, 0.05) is 46.1 Å².